The number of aliphatic carboxylic acids is 1. The highest BCUT2D eigenvalue weighted by Gasteiger charge is 2.42. The van der Waals surface area contributed by atoms with E-state index in [1.807, 2.05) is 0 Å². The molecule has 6 atom stereocenters. The number of nitrogens with two attached hydrogens (primary N) is 5. The van der Waals surface area contributed by atoms with E-state index in [9.17, 15) is 53.4 Å². The van der Waals surface area contributed by atoms with Crippen LogP contribution in [0.15, 0.2) is 70.6 Å². The highest BCUT2D eigenvalue weighted by molar-refractivity contribution is 5.96. The minimum atomic E-state index is -1.60. The number of urea groups is 2. The lowest BCUT2D eigenvalue weighted by atomic mass is 10.0. The first kappa shape index (κ1) is 58.6. The molecule has 10 amide bonds. The Morgan fingerprint density at radius 1 is 0.658 bits per heavy atom. The Balaban J connectivity index is 1.21. The van der Waals surface area contributed by atoms with E-state index in [-0.39, 0.29) is 96.3 Å². The molecule has 28 nitrogen and oxygen atoms in total. The van der Waals surface area contributed by atoms with Gasteiger partial charge in [0.1, 0.15) is 30.2 Å². The van der Waals surface area contributed by atoms with Crippen molar-refractivity contribution in [3.8, 4) is 0 Å². The number of likely N-dealkylation sites (tertiary alicyclic amines) is 2. The Morgan fingerprint density at radius 2 is 1.24 bits per heavy atom. The van der Waals surface area contributed by atoms with Crippen molar-refractivity contribution in [2.45, 2.75) is 107 Å². The van der Waals surface area contributed by atoms with Gasteiger partial charge >= 0.3 is 18.0 Å². The number of nitrogens with one attached hydrogen (secondary N) is 5. The van der Waals surface area contributed by atoms with Crippen LogP contribution in [-0.2, 0) is 46.5 Å². The highest BCUT2D eigenvalue weighted by atomic mass is 16.4. The summed E-state index contributed by atoms with van der Waals surface area (Å²) in [7, 11) is 0. The molecule has 2 aromatic rings. The molecule has 3 aliphatic rings. The van der Waals surface area contributed by atoms with E-state index in [0.29, 0.717) is 36.8 Å². The Bertz CT molecular complexity index is 2410. The molecule has 0 unspecified atom stereocenters. The van der Waals surface area contributed by atoms with Gasteiger partial charge in [-0.05, 0) is 68.9 Å². The maximum Gasteiger partial charge on any atom is 0.339 e. The second-order valence-corrected chi connectivity index (χ2v) is 18.4. The van der Waals surface area contributed by atoms with Crippen LogP contribution in [0.25, 0.3) is 0 Å². The summed E-state index contributed by atoms with van der Waals surface area (Å²) in [5.74, 6) is -6.02. The van der Waals surface area contributed by atoms with Crippen molar-refractivity contribution in [1.29, 1.82) is 0 Å². The number of aliphatic hydroxyl groups is 1. The first-order valence-corrected chi connectivity index (χ1v) is 25.1. The molecule has 0 spiro atoms. The third-order valence-corrected chi connectivity index (χ3v) is 12.8. The number of aliphatic hydroxyl groups excluding tert-OH is 1. The zero-order valence-electron chi connectivity index (χ0n) is 42.3. The third kappa shape index (κ3) is 17.1. The number of carboxylic acid groups (broad SMARTS) is 1. The van der Waals surface area contributed by atoms with Crippen molar-refractivity contribution in [1.82, 2.24) is 51.5 Å². The van der Waals surface area contributed by atoms with Crippen LogP contribution in [0.3, 0.4) is 0 Å². The summed E-state index contributed by atoms with van der Waals surface area (Å²) in [6.45, 7) is -0.623. The zero-order valence-corrected chi connectivity index (χ0v) is 42.3. The van der Waals surface area contributed by atoms with Gasteiger partial charge in [-0.15, -0.1) is 0 Å². The van der Waals surface area contributed by atoms with Crippen LogP contribution in [0.2, 0.25) is 0 Å². The first-order valence-electron chi connectivity index (χ1n) is 25.1. The molecule has 17 N–H and O–H groups in total. The Kier molecular flexibility index (Phi) is 22.4. The monoisotopic (exact) mass is 1060 g/mol. The Morgan fingerprint density at radius 3 is 1.84 bits per heavy atom. The summed E-state index contributed by atoms with van der Waals surface area (Å²) in [5.41, 5.74) is 31.3. The van der Waals surface area contributed by atoms with Crippen LogP contribution in [-0.4, -0.2) is 189 Å². The number of carbonyl (C=O) groups is 9. The molecule has 3 saturated heterocycles. The van der Waals surface area contributed by atoms with Crippen molar-refractivity contribution >= 4 is 65.4 Å². The minimum absolute atomic E-state index is 0.0321. The van der Waals surface area contributed by atoms with Gasteiger partial charge in [0.15, 0.2) is 11.9 Å². The summed E-state index contributed by atoms with van der Waals surface area (Å²) >= 11 is 0. The normalized spacial score (nSPS) is 17.6. The Labute approximate surface area is 439 Å². The zero-order chi connectivity index (χ0) is 55.3. The first-order chi connectivity index (χ1) is 36.4. The van der Waals surface area contributed by atoms with Crippen LogP contribution >= 0.6 is 0 Å². The summed E-state index contributed by atoms with van der Waals surface area (Å²) in [6, 6.07) is 8.16. The van der Waals surface area contributed by atoms with Gasteiger partial charge in [0.05, 0.1) is 25.7 Å². The molecule has 0 saturated carbocycles. The van der Waals surface area contributed by atoms with Crippen LogP contribution in [0.5, 0.6) is 0 Å². The topological polar surface area (TPSA) is 425 Å². The molecular formula is C48H71N17O11. The number of carboxylic acids is 1. The van der Waals surface area contributed by atoms with E-state index in [2.05, 4.69) is 36.7 Å². The molecule has 3 fully saturated rings. The van der Waals surface area contributed by atoms with Crippen LogP contribution < -0.4 is 55.4 Å². The number of carbonyl (C=O) groups excluding carboxylic acids is 8. The average molecular weight is 1060 g/mol. The van der Waals surface area contributed by atoms with Crippen molar-refractivity contribution in [2.24, 2.45) is 38.7 Å². The van der Waals surface area contributed by atoms with Crippen LogP contribution in [0, 0.1) is 0 Å². The van der Waals surface area contributed by atoms with Gasteiger partial charge in [-0.25, -0.2) is 29.4 Å². The van der Waals surface area contributed by atoms with Crippen molar-refractivity contribution in [3.05, 3.63) is 71.8 Å². The van der Waals surface area contributed by atoms with Gasteiger partial charge in [0.2, 0.25) is 23.6 Å². The molecule has 0 bridgehead atoms. The lowest BCUT2D eigenvalue weighted by molar-refractivity contribution is -0.144. The average Bonchev–Trinajstić information content (AvgIpc) is 4.22. The van der Waals surface area contributed by atoms with Gasteiger partial charge in [0, 0.05) is 45.7 Å². The van der Waals surface area contributed by atoms with Gasteiger partial charge in [-0.3, -0.25) is 44.2 Å². The fourth-order valence-corrected chi connectivity index (χ4v) is 8.96. The quantitative estimate of drug-likeness (QED) is 0.0210. The second kappa shape index (κ2) is 29.0. The van der Waals surface area contributed by atoms with E-state index < -0.39 is 103 Å². The standard InChI is InChI=1S/C48H71N17O11/c49-32(16-7-20-54-45(50)51)42(71)64-24-11-25-65(64)48(76)62-23-10-18-36(62)40(69)56-27-38(67)57-34(26-30-12-3-1-4-13-30)39(68)58-35(29-66)43(72)61-22-9-19-37(61)41(70)60-63(28-31-14-5-2-6-15-31)47(75)59-33(44(73)74)17-8-21-55-46(52)53/h1-6,12-15,32-37,66H,7-11,16-29,49H2,(H,56,69)(H,57,67)(H,58,68)(H,59,75)(H,60,70)(H,73,74)(H4,50,51,54)(H4,52,53,55)/t32-,33+,34-,35-,36-,37-/m0/s1. The molecule has 5 rings (SSSR count). The number of rotatable bonds is 24. The predicted molar refractivity (Wildman–Crippen MR) is 275 cm³/mol. The van der Waals surface area contributed by atoms with Gasteiger partial charge in [0.25, 0.3) is 11.8 Å². The van der Waals surface area contributed by atoms with Crippen molar-refractivity contribution in [2.75, 3.05) is 52.4 Å². The molecule has 0 aliphatic carbocycles. The molecule has 3 heterocycles. The molecular weight excluding hydrogens is 991 g/mol. The lowest BCUT2D eigenvalue weighted by Gasteiger charge is -2.34. The minimum Gasteiger partial charge on any atom is -0.480 e. The second-order valence-electron chi connectivity index (χ2n) is 18.4. The van der Waals surface area contributed by atoms with Crippen molar-refractivity contribution in [3.63, 3.8) is 0 Å². The molecule has 0 radical (unpaired) electrons. The predicted octanol–water partition coefficient (Wildman–Crippen LogP) is -3.54. The number of aliphatic imine (C=N–C) groups is 2. The van der Waals surface area contributed by atoms with E-state index in [0.717, 1.165) is 9.91 Å². The van der Waals surface area contributed by atoms with Gasteiger partial charge < -0.3 is 69.9 Å². The third-order valence-electron chi connectivity index (χ3n) is 12.8. The van der Waals surface area contributed by atoms with Crippen LogP contribution in [0.1, 0.15) is 68.9 Å². The maximum atomic E-state index is 14.1. The van der Waals surface area contributed by atoms with E-state index in [1.54, 1.807) is 60.7 Å². The highest BCUT2D eigenvalue weighted by Crippen LogP contribution is 2.24. The summed E-state index contributed by atoms with van der Waals surface area (Å²) in [6.07, 6.45) is 2.48. The molecule has 28 heteroatoms. The molecule has 2 aromatic carbocycles. The number of hydrazine groups is 2. The smallest absolute Gasteiger partial charge is 0.339 e. The number of hydrogen-bond acceptors (Lipinski definition) is 13. The largest absolute Gasteiger partial charge is 0.480 e. The number of amides is 10. The fourth-order valence-electron chi connectivity index (χ4n) is 8.96. The Hall–Kier alpha value is -8.27. The van der Waals surface area contributed by atoms with Crippen LogP contribution in [0.4, 0.5) is 9.59 Å². The molecule has 414 valence electrons. The van der Waals surface area contributed by atoms with Crippen molar-refractivity contribution < 1.29 is 53.4 Å². The summed E-state index contributed by atoms with van der Waals surface area (Å²) in [4.78, 5) is 132. The van der Waals surface area contributed by atoms with E-state index >= 15 is 0 Å². The van der Waals surface area contributed by atoms with Gasteiger partial charge in [-0.1, -0.05) is 60.7 Å². The molecule has 3 aliphatic heterocycles. The number of nitrogens with zero attached hydrogens (tertiary/aromatic N) is 7. The SMILES string of the molecule is NC(N)=NCCC[C@H](N)C(=O)N1CCCN1C(=O)N1CCC[C@H]1C(=O)NCC(=O)N[C@@H](Cc1ccccc1)C(=O)N[C@@H](CO)C(=O)N1CCC[C@H]1C(=O)NN(Cc1ccccc1)C(=O)N[C@H](CCCN=C(N)N)C(=O)O. The fraction of sp³-hybridized carbons (Fsp3) is 0.521. The number of hydrogen-bond donors (Lipinski definition) is 12. The molecule has 76 heavy (non-hydrogen) atoms. The number of guanidine groups is 2. The van der Waals surface area contributed by atoms with E-state index in [1.165, 1.54) is 14.9 Å². The summed E-state index contributed by atoms with van der Waals surface area (Å²) < 4.78 is 0. The maximum absolute atomic E-state index is 14.1. The number of benzene rings is 2. The van der Waals surface area contributed by atoms with Gasteiger partial charge in [-0.2, -0.15) is 0 Å². The molecule has 0 aromatic heterocycles. The summed E-state index contributed by atoms with van der Waals surface area (Å²) in [5, 5.41) is 33.9. The lowest BCUT2D eigenvalue weighted by Crippen LogP contribution is -2.60. The van der Waals surface area contributed by atoms with E-state index in [4.69, 9.17) is 28.7 Å².